The fourth-order valence-corrected chi connectivity index (χ4v) is 2.86. The molecule has 0 spiro atoms. The van der Waals surface area contributed by atoms with Crippen LogP contribution in [0.15, 0.2) is 53.5 Å². The summed E-state index contributed by atoms with van der Waals surface area (Å²) >= 11 is 7.21. The van der Waals surface area contributed by atoms with Gasteiger partial charge in [0.1, 0.15) is 11.5 Å². The Morgan fingerprint density at radius 3 is 2.46 bits per heavy atom. The normalized spacial score (nSPS) is 11.6. The van der Waals surface area contributed by atoms with Gasteiger partial charge < -0.3 is 10.6 Å². The van der Waals surface area contributed by atoms with Crippen molar-refractivity contribution in [2.24, 2.45) is 0 Å². The molecule has 0 radical (unpaired) electrons. The first-order valence-corrected chi connectivity index (χ1v) is 9.07. The van der Waals surface area contributed by atoms with E-state index in [4.69, 9.17) is 11.6 Å². The van der Waals surface area contributed by atoms with Crippen molar-refractivity contribution in [1.29, 1.82) is 0 Å². The van der Waals surface area contributed by atoms with Gasteiger partial charge in [0.15, 0.2) is 0 Å². The molecule has 0 bridgehead atoms. The first-order valence-electron chi connectivity index (χ1n) is 7.75. The SMILES string of the molecule is CC(C(=O)Nc1ccc(NC(=O)c2cscn2)nc1)c1ccc(Cl)cc1. The van der Waals surface area contributed by atoms with Crippen LogP contribution in [0.1, 0.15) is 28.9 Å². The number of thiazole rings is 1. The highest BCUT2D eigenvalue weighted by Crippen LogP contribution is 2.20. The lowest BCUT2D eigenvalue weighted by atomic mass is 10.0. The maximum atomic E-state index is 12.4. The van der Waals surface area contributed by atoms with E-state index in [1.54, 1.807) is 35.2 Å². The third-order valence-electron chi connectivity index (χ3n) is 3.70. The molecule has 0 aliphatic carbocycles. The van der Waals surface area contributed by atoms with Crippen molar-refractivity contribution < 1.29 is 9.59 Å². The molecule has 2 amide bonds. The number of rotatable bonds is 5. The minimum atomic E-state index is -0.337. The van der Waals surface area contributed by atoms with Gasteiger partial charge in [-0.3, -0.25) is 9.59 Å². The molecule has 8 heteroatoms. The average molecular weight is 387 g/mol. The summed E-state index contributed by atoms with van der Waals surface area (Å²) in [5, 5.41) is 7.73. The first-order chi connectivity index (χ1) is 12.5. The molecule has 1 atom stereocenters. The van der Waals surface area contributed by atoms with Crippen molar-refractivity contribution >= 4 is 46.3 Å². The molecule has 0 saturated carbocycles. The van der Waals surface area contributed by atoms with Gasteiger partial charge in [0.25, 0.3) is 5.91 Å². The number of pyridine rings is 1. The molecule has 3 aromatic rings. The van der Waals surface area contributed by atoms with Crippen molar-refractivity contribution in [3.05, 3.63) is 69.8 Å². The molecule has 0 saturated heterocycles. The Balaban J connectivity index is 1.60. The summed E-state index contributed by atoms with van der Waals surface area (Å²) in [6.07, 6.45) is 1.49. The van der Waals surface area contributed by atoms with E-state index < -0.39 is 0 Å². The number of halogens is 1. The molecule has 2 aromatic heterocycles. The molecular weight excluding hydrogens is 372 g/mol. The summed E-state index contributed by atoms with van der Waals surface area (Å²) in [5.74, 6) is -0.441. The van der Waals surface area contributed by atoms with Crippen molar-refractivity contribution in [3.63, 3.8) is 0 Å². The zero-order valence-corrected chi connectivity index (χ0v) is 15.3. The van der Waals surface area contributed by atoms with Crippen LogP contribution in [0.5, 0.6) is 0 Å². The van der Waals surface area contributed by atoms with Crippen LogP contribution in [0.4, 0.5) is 11.5 Å². The molecular formula is C18H15ClN4O2S. The third kappa shape index (κ3) is 4.44. The van der Waals surface area contributed by atoms with Crippen LogP contribution >= 0.6 is 22.9 Å². The molecule has 0 fully saturated rings. The number of aromatic nitrogens is 2. The number of nitrogens with zero attached hydrogens (tertiary/aromatic N) is 2. The average Bonchev–Trinajstić information content (AvgIpc) is 3.18. The molecule has 3 rings (SSSR count). The predicted molar refractivity (Wildman–Crippen MR) is 103 cm³/mol. The van der Waals surface area contributed by atoms with E-state index in [0.717, 1.165) is 5.56 Å². The molecule has 1 aromatic carbocycles. The van der Waals surface area contributed by atoms with Crippen LogP contribution in [-0.2, 0) is 4.79 Å². The number of nitrogens with one attached hydrogen (secondary N) is 2. The summed E-state index contributed by atoms with van der Waals surface area (Å²) < 4.78 is 0. The third-order valence-corrected chi connectivity index (χ3v) is 4.54. The fraction of sp³-hybridized carbons (Fsp3) is 0.111. The number of hydrogen-bond donors (Lipinski definition) is 2. The van der Waals surface area contributed by atoms with E-state index in [9.17, 15) is 9.59 Å². The standard InChI is InChI=1S/C18H15ClN4O2S/c1-11(12-2-4-13(19)5-3-12)17(24)22-14-6-7-16(20-8-14)23-18(25)15-9-26-10-21-15/h2-11H,1H3,(H,22,24)(H,20,23,25). The lowest BCUT2D eigenvalue weighted by Gasteiger charge is -2.13. The minimum Gasteiger partial charge on any atom is -0.324 e. The summed E-state index contributed by atoms with van der Waals surface area (Å²) in [6.45, 7) is 1.81. The van der Waals surface area contributed by atoms with Gasteiger partial charge in [0.05, 0.1) is 23.3 Å². The number of anilines is 2. The van der Waals surface area contributed by atoms with Gasteiger partial charge in [-0.15, -0.1) is 11.3 Å². The molecule has 6 nitrogen and oxygen atoms in total. The van der Waals surface area contributed by atoms with Gasteiger partial charge >= 0.3 is 0 Å². The highest BCUT2D eigenvalue weighted by atomic mass is 35.5. The smallest absolute Gasteiger partial charge is 0.276 e. The summed E-state index contributed by atoms with van der Waals surface area (Å²) in [4.78, 5) is 32.4. The number of carbonyl (C=O) groups excluding carboxylic acids is 2. The van der Waals surface area contributed by atoms with Gasteiger partial charge in [-0.1, -0.05) is 23.7 Å². The number of hydrogen-bond acceptors (Lipinski definition) is 5. The Morgan fingerprint density at radius 1 is 1.08 bits per heavy atom. The van der Waals surface area contributed by atoms with E-state index in [-0.39, 0.29) is 17.7 Å². The first kappa shape index (κ1) is 18.0. The van der Waals surface area contributed by atoms with Crippen LogP contribution in [0.3, 0.4) is 0 Å². The van der Waals surface area contributed by atoms with Gasteiger partial charge in [-0.05, 0) is 36.8 Å². The predicted octanol–water partition coefficient (Wildman–Crippen LogP) is 4.19. The second-order valence-corrected chi connectivity index (χ2v) is 6.68. The maximum absolute atomic E-state index is 12.4. The van der Waals surface area contributed by atoms with E-state index in [0.29, 0.717) is 22.2 Å². The maximum Gasteiger partial charge on any atom is 0.276 e. The molecule has 132 valence electrons. The van der Waals surface area contributed by atoms with E-state index in [1.165, 1.54) is 17.5 Å². The molecule has 2 N–H and O–H groups in total. The topological polar surface area (TPSA) is 84.0 Å². The highest BCUT2D eigenvalue weighted by Gasteiger charge is 2.15. The summed E-state index contributed by atoms with van der Waals surface area (Å²) in [5.41, 5.74) is 3.34. The molecule has 26 heavy (non-hydrogen) atoms. The van der Waals surface area contributed by atoms with Gasteiger partial charge in [0.2, 0.25) is 5.91 Å². The van der Waals surface area contributed by atoms with E-state index in [1.807, 2.05) is 19.1 Å². The lowest BCUT2D eigenvalue weighted by Crippen LogP contribution is -2.19. The number of amides is 2. The van der Waals surface area contributed by atoms with Crippen LogP contribution in [0.2, 0.25) is 5.02 Å². The zero-order chi connectivity index (χ0) is 18.5. The Labute approximate surface area is 159 Å². The van der Waals surface area contributed by atoms with Crippen LogP contribution in [0.25, 0.3) is 0 Å². The largest absolute Gasteiger partial charge is 0.324 e. The minimum absolute atomic E-state index is 0.159. The fourth-order valence-electron chi connectivity index (χ4n) is 2.20. The van der Waals surface area contributed by atoms with Crippen molar-refractivity contribution in [1.82, 2.24) is 9.97 Å². The molecule has 0 aliphatic rings. The molecule has 1 unspecified atom stereocenters. The van der Waals surface area contributed by atoms with E-state index in [2.05, 4.69) is 20.6 Å². The van der Waals surface area contributed by atoms with Crippen molar-refractivity contribution in [2.45, 2.75) is 12.8 Å². The summed E-state index contributed by atoms with van der Waals surface area (Å²) in [6, 6.07) is 10.4. The molecule has 0 aliphatic heterocycles. The van der Waals surface area contributed by atoms with Gasteiger partial charge in [-0.25, -0.2) is 9.97 Å². The lowest BCUT2D eigenvalue weighted by molar-refractivity contribution is -0.117. The zero-order valence-electron chi connectivity index (χ0n) is 13.8. The van der Waals surface area contributed by atoms with Crippen molar-refractivity contribution in [3.8, 4) is 0 Å². The van der Waals surface area contributed by atoms with Gasteiger partial charge in [0, 0.05) is 10.4 Å². The van der Waals surface area contributed by atoms with Crippen LogP contribution in [-0.4, -0.2) is 21.8 Å². The second-order valence-electron chi connectivity index (χ2n) is 5.52. The monoisotopic (exact) mass is 386 g/mol. The quantitative estimate of drug-likeness (QED) is 0.688. The number of benzene rings is 1. The second kappa shape index (κ2) is 8.07. The Hall–Kier alpha value is -2.77. The van der Waals surface area contributed by atoms with Crippen molar-refractivity contribution in [2.75, 3.05) is 10.6 Å². The Bertz CT molecular complexity index is 896. The molecule has 2 heterocycles. The highest BCUT2D eigenvalue weighted by molar-refractivity contribution is 7.07. The Morgan fingerprint density at radius 2 is 1.85 bits per heavy atom. The Kier molecular flexibility index (Phi) is 5.60. The van der Waals surface area contributed by atoms with E-state index >= 15 is 0 Å². The summed E-state index contributed by atoms with van der Waals surface area (Å²) in [7, 11) is 0. The van der Waals surface area contributed by atoms with Gasteiger partial charge in [-0.2, -0.15) is 0 Å². The number of carbonyl (C=O) groups is 2. The van der Waals surface area contributed by atoms with Crippen LogP contribution < -0.4 is 10.6 Å². The van der Waals surface area contributed by atoms with Crippen LogP contribution in [0, 0.1) is 0 Å².